The summed E-state index contributed by atoms with van der Waals surface area (Å²) in [5.74, 6) is 0. The van der Waals surface area contributed by atoms with Crippen molar-refractivity contribution in [3.8, 4) is 0 Å². The predicted molar refractivity (Wildman–Crippen MR) is 44.4 cm³/mol. The van der Waals surface area contributed by atoms with Gasteiger partial charge in [-0.1, -0.05) is 6.58 Å². The molecule has 0 aliphatic carbocycles. The summed E-state index contributed by atoms with van der Waals surface area (Å²) in [6, 6.07) is 0. The van der Waals surface area contributed by atoms with Gasteiger partial charge in [-0.15, -0.1) is 0 Å². The minimum absolute atomic E-state index is 0.891. The van der Waals surface area contributed by atoms with Gasteiger partial charge in [-0.2, -0.15) is 0 Å². The molecule has 0 spiro atoms. The van der Waals surface area contributed by atoms with Gasteiger partial charge >= 0.3 is 0 Å². The maximum Gasteiger partial charge on any atom is 0.0465 e. The van der Waals surface area contributed by atoms with Crippen LogP contribution in [-0.4, -0.2) is 31.3 Å². The van der Waals surface area contributed by atoms with Crippen LogP contribution in [0.15, 0.2) is 17.3 Å². The molecule has 0 aromatic heterocycles. The van der Waals surface area contributed by atoms with Gasteiger partial charge in [-0.05, 0) is 32.6 Å². The number of nitrogens with zero attached hydrogens (tertiary/aromatic N) is 2. The Morgan fingerprint density at radius 3 is 2.50 bits per heavy atom. The average Bonchev–Trinajstić information content (AvgIpc) is 2.40. The Labute approximate surface area is 62.3 Å². The van der Waals surface area contributed by atoms with Crippen LogP contribution in [0.5, 0.6) is 0 Å². The molecule has 1 fully saturated rings. The van der Waals surface area contributed by atoms with Gasteiger partial charge in [0.2, 0.25) is 0 Å². The minimum atomic E-state index is 0.891. The molecule has 1 saturated heterocycles. The van der Waals surface area contributed by atoms with Crippen LogP contribution in [0.1, 0.15) is 12.8 Å². The highest BCUT2D eigenvalue weighted by atomic mass is 15.1. The zero-order valence-electron chi connectivity index (χ0n) is 6.34. The third-order valence-electron chi connectivity index (χ3n) is 1.83. The second kappa shape index (κ2) is 3.52. The van der Waals surface area contributed by atoms with Crippen LogP contribution in [0, 0.1) is 0 Å². The molecule has 0 N–H and O–H groups in total. The fraction of sp³-hybridized carbons (Fsp3) is 0.625. The van der Waals surface area contributed by atoms with Crippen molar-refractivity contribution < 1.29 is 0 Å². The van der Waals surface area contributed by atoms with E-state index in [1.165, 1.54) is 25.9 Å². The predicted octanol–water partition coefficient (Wildman–Crippen LogP) is 1.30. The van der Waals surface area contributed by atoms with E-state index in [-0.39, 0.29) is 0 Å². The molecular weight excluding hydrogens is 124 g/mol. The van der Waals surface area contributed by atoms with Crippen LogP contribution in [0.25, 0.3) is 0 Å². The maximum absolute atomic E-state index is 3.77. The van der Waals surface area contributed by atoms with Crippen LogP contribution >= 0.6 is 0 Å². The van der Waals surface area contributed by atoms with E-state index < -0.39 is 0 Å². The Morgan fingerprint density at radius 1 is 1.40 bits per heavy atom. The summed E-state index contributed by atoms with van der Waals surface area (Å²) >= 11 is 0. The third kappa shape index (κ3) is 1.95. The summed E-state index contributed by atoms with van der Waals surface area (Å²) < 4.78 is 0. The monoisotopic (exact) mass is 138 g/mol. The van der Waals surface area contributed by atoms with Gasteiger partial charge in [0.05, 0.1) is 0 Å². The zero-order valence-corrected chi connectivity index (χ0v) is 6.34. The first-order valence-corrected chi connectivity index (χ1v) is 3.70. The van der Waals surface area contributed by atoms with E-state index >= 15 is 0 Å². The number of hydrogen-bond donors (Lipinski definition) is 0. The van der Waals surface area contributed by atoms with Gasteiger partial charge in [0.15, 0.2) is 0 Å². The van der Waals surface area contributed by atoms with Gasteiger partial charge < -0.3 is 0 Å². The Bertz CT molecular complexity index is 134. The second-order valence-corrected chi connectivity index (χ2v) is 2.71. The smallest absolute Gasteiger partial charge is 0.0465 e. The van der Waals surface area contributed by atoms with Crippen molar-refractivity contribution in [1.29, 1.82) is 0 Å². The van der Waals surface area contributed by atoms with E-state index in [9.17, 15) is 0 Å². The highest BCUT2D eigenvalue weighted by Crippen LogP contribution is 2.08. The number of likely N-dealkylation sites (tertiary alicyclic amines) is 1. The lowest BCUT2D eigenvalue weighted by atomic mass is 10.4. The molecule has 1 aliphatic rings. The summed E-state index contributed by atoms with van der Waals surface area (Å²) in [6.45, 7) is 10.5. The zero-order chi connectivity index (χ0) is 7.40. The van der Waals surface area contributed by atoms with E-state index in [0.29, 0.717) is 0 Å². The van der Waals surface area contributed by atoms with E-state index in [1.807, 2.05) is 0 Å². The van der Waals surface area contributed by atoms with Crippen LogP contribution in [0.4, 0.5) is 0 Å². The minimum Gasteiger partial charge on any atom is -0.298 e. The van der Waals surface area contributed by atoms with Crippen LogP contribution in [-0.2, 0) is 0 Å². The van der Waals surface area contributed by atoms with Crippen molar-refractivity contribution in [2.75, 3.05) is 19.6 Å². The van der Waals surface area contributed by atoms with E-state index in [4.69, 9.17) is 0 Å². The molecular formula is C8H14N2. The van der Waals surface area contributed by atoms with Crippen molar-refractivity contribution in [3.63, 3.8) is 0 Å². The van der Waals surface area contributed by atoms with E-state index in [0.717, 1.165) is 12.2 Å². The maximum atomic E-state index is 3.77. The fourth-order valence-electron chi connectivity index (χ4n) is 1.25. The lowest BCUT2D eigenvalue weighted by Gasteiger charge is -2.12. The van der Waals surface area contributed by atoms with Gasteiger partial charge in [0.1, 0.15) is 0 Å². The molecule has 2 heteroatoms. The molecule has 0 unspecified atom stereocenters. The summed E-state index contributed by atoms with van der Waals surface area (Å²) in [5, 5.41) is 0. The van der Waals surface area contributed by atoms with Crippen LogP contribution in [0.3, 0.4) is 0 Å². The number of aliphatic imine (C=N–C) groups is 1. The molecule has 0 radical (unpaired) electrons. The van der Waals surface area contributed by atoms with E-state index in [2.05, 4.69) is 23.2 Å². The molecule has 1 rings (SSSR count). The van der Waals surface area contributed by atoms with Crippen molar-refractivity contribution in [3.05, 3.63) is 12.3 Å². The number of hydrogen-bond acceptors (Lipinski definition) is 2. The largest absolute Gasteiger partial charge is 0.298 e. The first-order chi connectivity index (χ1) is 4.83. The van der Waals surface area contributed by atoms with Crippen LogP contribution in [0.2, 0.25) is 0 Å². The van der Waals surface area contributed by atoms with Crippen molar-refractivity contribution in [2.24, 2.45) is 4.99 Å². The first kappa shape index (κ1) is 7.48. The molecule has 0 aromatic carbocycles. The SMILES string of the molecule is C=NC(=C)CN1CCCC1. The molecule has 1 aliphatic heterocycles. The fourth-order valence-corrected chi connectivity index (χ4v) is 1.25. The summed E-state index contributed by atoms with van der Waals surface area (Å²) in [5.41, 5.74) is 0.891. The lowest BCUT2D eigenvalue weighted by Crippen LogP contribution is -2.20. The van der Waals surface area contributed by atoms with Crippen molar-refractivity contribution in [2.45, 2.75) is 12.8 Å². The summed E-state index contributed by atoms with van der Waals surface area (Å²) in [4.78, 5) is 6.12. The Kier molecular flexibility index (Phi) is 2.63. The molecule has 0 amide bonds. The third-order valence-corrected chi connectivity index (χ3v) is 1.83. The standard InChI is InChI=1S/C8H14N2/c1-8(9-2)7-10-5-3-4-6-10/h1-7H2. The Hall–Kier alpha value is -0.630. The average molecular weight is 138 g/mol. The molecule has 1 heterocycles. The second-order valence-electron chi connectivity index (χ2n) is 2.71. The molecule has 0 bridgehead atoms. The van der Waals surface area contributed by atoms with Gasteiger partial charge in [-0.25, -0.2) is 0 Å². The lowest BCUT2D eigenvalue weighted by molar-refractivity contribution is 0.368. The molecule has 0 aromatic rings. The highest BCUT2D eigenvalue weighted by molar-refractivity contribution is 5.28. The molecule has 56 valence electrons. The summed E-state index contributed by atoms with van der Waals surface area (Å²) in [7, 11) is 0. The quantitative estimate of drug-likeness (QED) is 0.537. The Morgan fingerprint density at radius 2 is 2.00 bits per heavy atom. The number of rotatable bonds is 3. The van der Waals surface area contributed by atoms with Gasteiger partial charge in [0.25, 0.3) is 0 Å². The van der Waals surface area contributed by atoms with E-state index in [1.54, 1.807) is 0 Å². The molecule has 0 atom stereocenters. The van der Waals surface area contributed by atoms with Crippen molar-refractivity contribution in [1.82, 2.24) is 4.90 Å². The Balaban J connectivity index is 2.23. The van der Waals surface area contributed by atoms with Gasteiger partial charge in [0, 0.05) is 12.2 Å². The normalized spacial score (nSPS) is 19.2. The molecule has 2 nitrogen and oxygen atoms in total. The molecule has 0 saturated carbocycles. The summed E-state index contributed by atoms with van der Waals surface area (Å²) in [6.07, 6.45) is 2.65. The first-order valence-electron chi connectivity index (χ1n) is 3.70. The topological polar surface area (TPSA) is 15.6 Å². The van der Waals surface area contributed by atoms with Gasteiger partial charge in [-0.3, -0.25) is 9.89 Å². The highest BCUT2D eigenvalue weighted by Gasteiger charge is 2.10. The molecule has 10 heavy (non-hydrogen) atoms. The van der Waals surface area contributed by atoms with Crippen molar-refractivity contribution >= 4 is 6.72 Å². The van der Waals surface area contributed by atoms with Crippen LogP contribution < -0.4 is 0 Å².